The van der Waals surface area contributed by atoms with Crippen LogP contribution in [0.1, 0.15) is 26.2 Å². The second kappa shape index (κ2) is 5.66. The van der Waals surface area contributed by atoms with Crippen LogP contribution in [0.25, 0.3) is 0 Å². The number of rotatable bonds is 4. The number of hydrogen-bond donors (Lipinski definition) is 1. The number of terminal acetylenes is 1. The summed E-state index contributed by atoms with van der Waals surface area (Å²) in [5.74, 6) is 2.75. The highest BCUT2D eigenvalue weighted by molar-refractivity contribution is 5.81. The van der Waals surface area contributed by atoms with Crippen molar-refractivity contribution >= 4 is 5.91 Å². The molecule has 0 bridgehead atoms. The fourth-order valence-electron chi connectivity index (χ4n) is 1.66. The molecule has 1 heterocycles. The van der Waals surface area contributed by atoms with Gasteiger partial charge < -0.3 is 10.2 Å². The lowest BCUT2D eigenvalue weighted by Gasteiger charge is -2.20. The molecule has 0 aromatic heterocycles. The summed E-state index contributed by atoms with van der Waals surface area (Å²) in [6.07, 6.45) is 8.09. The molecular formula is C11H18N2O. The van der Waals surface area contributed by atoms with Crippen molar-refractivity contribution in [2.45, 2.75) is 32.2 Å². The number of amides is 1. The number of carbonyl (C=O) groups is 1. The van der Waals surface area contributed by atoms with Gasteiger partial charge in [0.25, 0.3) is 0 Å². The molecule has 3 heteroatoms. The van der Waals surface area contributed by atoms with Gasteiger partial charge in [0, 0.05) is 26.1 Å². The third kappa shape index (κ3) is 3.04. The standard InChI is InChI=1S/C11H18N2O/c1-3-4-7-12-10(2)11(14)13-8-5-6-9-13/h1,10,12H,4-9H2,2H3. The minimum absolute atomic E-state index is 0.0959. The topological polar surface area (TPSA) is 32.3 Å². The molecule has 1 aliphatic rings. The Balaban J connectivity index is 2.25. The van der Waals surface area contributed by atoms with Gasteiger partial charge in [0.05, 0.1) is 6.04 Å². The third-order valence-corrected chi connectivity index (χ3v) is 2.51. The summed E-state index contributed by atoms with van der Waals surface area (Å²) in [5.41, 5.74) is 0. The van der Waals surface area contributed by atoms with E-state index >= 15 is 0 Å². The second-order valence-electron chi connectivity index (χ2n) is 3.66. The summed E-state index contributed by atoms with van der Waals surface area (Å²) in [6.45, 7) is 4.45. The Hall–Kier alpha value is -1.01. The van der Waals surface area contributed by atoms with Gasteiger partial charge in [-0.05, 0) is 19.8 Å². The van der Waals surface area contributed by atoms with E-state index in [1.807, 2.05) is 11.8 Å². The number of hydrogen-bond acceptors (Lipinski definition) is 2. The normalized spacial score (nSPS) is 17.9. The van der Waals surface area contributed by atoms with E-state index < -0.39 is 0 Å². The highest BCUT2D eigenvalue weighted by atomic mass is 16.2. The van der Waals surface area contributed by atoms with Crippen molar-refractivity contribution in [3.63, 3.8) is 0 Å². The molecule has 1 unspecified atom stereocenters. The minimum Gasteiger partial charge on any atom is -0.341 e. The molecule has 1 aliphatic heterocycles. The number of likely N-dealkylation sites (tertiary alicyclic amines) is 1. The predicted molar refractivity (Wildman–Crippen MR) is 56.7 cm³/mol. The smallest absolute Gasteiger partial charge is 0.239 e. The molecule has 1 amide bonds. The Morgan fingerprint density at radius 2 is 2.21 bits per heavy atom. The van der Waals surface area contributed by atoms with Crippen molar-refractivity contribution < 1.29 is 4.79 Å². The molecule has 0 spiro atoms. The summed E-state index contributed by atoms with van der Waals surface area (Å²) >= 11 is 0. The molecule has 0 aliphatic carbocycles. The first kappa shape index (κ1) is 11.1. The zero-order valence-electron chi connectivity index (χ0n) is 8.75. The SMILES string of the molecule is C#CCCNC(C)C(=O)N1CCCC1. The average Bonchev–Trinajstić information content (AvgIpc) is 2.69. The predicted octanol–water partition coefficient (Wildman–Crippen LogP) is 0.610. The van der Waals surface area contributed by atoms with Gasteiger partial charge in [0.15, 0.2) is 0 Å². The van der Waals surface area contributed by atoms with E-state index in [0.717, 1.165) is 32.5 Å². The molecule has 1 saturated heterocycles. The van der Waals surface area contributed by atoms with Gasteiger partial charge in [-0.15, -0.1) is 12.3 Å². The molecule has 1 N–H and O–H groups in total. The first-order chi connectivity index (χ1) is 6.75. The molecule has 14 heavy (non-hydrogen) atoms. The number of nitrogens with zero attached hydrogens (tertiary/aromatic N) is 1. The molecule has 1 atom stereocenters. The van der Waals surface area contributed by atoms with Crippen LogP contribution < -0.4 is 5.32 Å². The van der Waals surface area contributed by atoms with E-state index in [4.69, 9.17) is 6.42 Å². The van der Waals surface area contributed by atoms with Gasteiger partial charge in [0.1, 0.15) is 0 Å². The molecule has 78 valence electrons. The maximum atomic E-state index is 11.8. The van der Waals surface area contributed by atoms with Crippen LogP contribution in [-0.2, 0) is 4.79 Å². The molecule has 1 fully saturated rings. The maximum absolute atomic E-state index is 11.8. The van der Waals surface area contributed by atoms with Crippen molar-refractivity contribution in [1.29, 1.82) is 0 Å². The number of carbonyl (C=O) groups excluding carboxylic acids is 1. The van der Waals surface area contributed by atoms with Crippen LogP contribution >= 0.6 is 0 Å². The van der Waals surface area contributed by atoms with Crippen molar-refractivity contribution in [3.8, 4) is 12.3 Å². The molecular weight excluding hydrogens is 176 g/mol. The zero-order valence-corrected chi connectivity index (χ0v) is 8.75. The van der Waals surface area contributed by atoms with Gasteiger partial charge >= 0.3 is 0 Å². The summed E-state index contributed by atoms with van der Waals surface area (Å²) in [4.78, 5) is 13.7. The Kier molecular flexibility index (Phi) is 4.48. The molecule has 0 saturated carbocycles. The van der Waals surface area contributed by atoms with Crippen molar-refractivity contribution in [3.05, 3.63) is 0 Å². The Morgan fingerprint density at radius 1 is 1.57 bits per heavy atom. The van der Waals surface area contributed by atoms with Crippen molar-refractivity contribution in [2.24, 2.45) is 0 Å². The van der Waals surface area contributed by atoms with E-state index in [1.54, 1.807) is 0 Å². The Bertz CT molecular complexity index is 226. The molecule has 1 rings (SSSR count). The van der Waals surface area contributed by atoms with E-state index in [9.17, 15) is 4.79 Å². The Labute approximate surface area is 85.9 Å². The summed E-state index contributed by atoms with van der Waals surface area (Å²) < 4.78 is 0. The lowest BCUT2D eigenvalue weighted by molar-refractivity contribution is -0.131. The average molecular weight is 194 g/mol. The quantitative estimate of drug-likeness (QED) is 0.525. The minimum atomic E-state index is -0.0959. The van der Waals surface area contributed by atoms with E-state index in [-0.39, 0.29) is 11.9 Å². The monoisotopic (exact) mass is 194 g/mol. The van der Waals surface area contributed by atoms with E-state index in [2.05, 4.69) is 11.2 Å². The lowest BCUT2D eigenvalue weighted by atomic mass is 10.3. The van der Waals surface area contributed by atoms with Gasteiger partial charge in [-0.1, -0.05) is 0 Å². The summed E-state index contributed by atoms with van der Waals surface area (Å²) in [5, 5.41) is 3.13. The zero-order chi connectivity index (χ0) is 10.4. The van der Waals surface area contributed by atoms with E-state index in [1.165, 1.54) is 0 Å². The van der Waals surface area contributed by atoms with Crippen LogP contribution in [0.3, 0.4) is 0 Å². The van der Waals surface area contributed by atoms with Crippen LogP contribution in [0, 0.1) is 12.3 Å². The van der Waals surface area contributed by atoms with Gasteiger partial charge in [-0.25, -0.2) is 0 Å². The van der Waals surface area contributed by atoms with Crippen molar-refractivity contribution in [1.82, 2.24) is 10.2 Å². The highest BCUT2D eigenvalue weighted by Crippen LogP contribution is 2.08. The van der Waals surface area contributed by atoms with Gasteiger partial charge in [-0.3, -0.25) is 4.79 Å². The van der Waals surface area contributed by atoms with Crippen LogP contribution in [0.2, 0.25) is 0 Å². The number of nitrogens with one attached hydrogen (secondary N) is 1. The van der Waals surface area contributed by atoms with Crippen LogP contribution in [-0.4, -0.2) is 36.5 Å². The van der Waals surface area contributed by atoms with E-state index in [0.29, 0.717) is 6.42 Å². The maximum Gasteiger partial charge on any atom is 0.239 e. The molecule has 0 aromatic rings. The van der Waals surface area contributed by atoms with Crippen LogP contribution in [0.5, 0.6) is 0 Å². The molecule has 3 nitrogen and oxygen atoms in total. The van der Waals surface area contributed by atoms with Crippen LogP contribution in [0.15, 0.2) is 0 Å². The summed E-state index contributed by atoms with van der Waals surface area (Å²) in [6, 6.07) is -0.0959. The second-order valence-corrected chi connectivity index (χ2v) is 3.66. The Morgan fingerprint density at radius 3 is 2.79 bits per heavy atom. The summed E-state index contributed by atoms with van der Waals surface area (Å²) in [7, 11) is 0. The third-order valence-electron chi connectivity index (χ3n) is 2.51. The van der Waals surface area contributed by atoms with Crippen LogP contribution in [0.4, 0.5) is 0 Å². The fourth-order valence-corrected chi connectivity index (χ4v) is 1.66. The highest BCUT2D eigenvalue weighted by Gasteiger charge is 2.22. The van der Waals surface area contributed by atoms with Gasteiger partial charge in [-0.2, -0.15) is 0 Å². The first-order valence-electron chi connectivity index (χ1n) is 5.21. The first-order valence-corrected chi connectivity index (χ1v) is 5.21. The van der Waals surface area contributed by atoms with Gasteiger partial charge in [0.2, 0.25) is 5.91 Å². The largest absolute Gasteiger partial charge is 0.341 e. The lowest BCUT2D eigenvalue weighted by Crippen LogP contribution is -2.43. The molecule has 0 radical (unpaired) electrons. The fraction of sp³-hybridized carbons (Fsp3) is 0.727. The molecule has 0 aromatic carbocycles. The van der Waals surface area contributed by atoms with Crippen molar-refractivity contribution in [2.75, 3.05) is 19.6 Å².